The number of benzene rings is 3. The normalized spacial score (nSPS) is 15.0. The summed E-state index contributed by atoms with van der Waals surface area (Å²) in [5, 5.41) is 2.51. The molecule has 0 saturated carbocycles. The molecule has 3 aromatic carbocycles. The molecule has 1 aliphatic rings. The van der Waals surface area contributed by atoms with Gasteiger partial charge in [-0.25, -0.2) is 0 Å². The van der Waals surface area contributed by atoms with E-state index in [-0.39, 0.29) is 30.9 Å². The van der Waals surface area contributed by atoms with Crippen LogP contribution in [0.5, 0.6) is 0 Å². The molecule has 0 saturated heterocycles. The predicted octanol–water partition coefficient (Wildman–Crippen LogP) is 8.60. The number of nitrogens with zero attached hydrogens (tertiary/aromatic N) is 2. The van der Waals surface area contributed by atoms with Gasteiger partial charge in [-0.05, 0) is 69.1 Å². The first-order valence-corrected chi connectivity index (χ1v) is 12.6. The van der Waals surface area contributed by atoms with Gasteiger partial charge in [0.2, 0.25) is 0 Å². The van der Waals surface area contributed by atoms with E-state index in [1.165, 1.54) is 34.7 Å². The Balaban J connectivity index is 0.000000208. The fourth-order valence-electron chi connectivity index (χ4n) is 4.98. The van der Waals surface area contributed by atoms with Gasteiger partial charge in [-0.3, -0.25) is 0 Å². The van der Waals surface area contributed by atoms with Crippen LogP contribution in [0.25, 0.3) is 33.3 Å². The molecule has 5 aromatic rings. The van der Waals surface area contributed by atoms with Crippen molar-refractivity contribution in [1.29, 1.82) is 0 Å². The van der Waals surface area contributed by atoms with E-state index in [0.29, 0.717) is 0 Å². The van der Waals surface area contributed by atoms with E-state index < -0.39 is 0 Å². The summed E-state index contributed by atoms with van der Waals surface area (Å²) >= 11 is 0. The standard InChI is InChI=1S/C23H24N.C11H8N.Ir/c1-22(2)10-11-23(3,4)20-13-18-15-24-21(14-17(18)12-19(20)22)16-8-6-5-7-9-16;1-2-6-10(7-3-1)11-8-4-5-9-12-11;/h5-8,12-15H,10-11H2,1-4H3;1-6,8-9H;/q2*-1;. The second-order valence-corrected chi connectivity index (χ2v) is 10.8. The minimum Gasteiger partial charge on any atom is -0.305 e. The first kappa shape index (κ1) is 26.9. The summed E-state index contributed by atoms with van der Waals surface area (Å²) < 4.78 is 0. The molecule has 0 amide bonds. The van der Waals surface area contributed by atoms with E-state index >= 15 is 0 Å². The molecule has 0 atom stereocenters. The van der Waals surface area contributed by atoms with E-state index in [1.807, 2.05) is 66.9 Å². The maximum atomic E-state index is 4.68. The second-order valence-electron chi connectivity index (χ2n) is 10.8. The predicted molar refractivity (Wildman–Crippen MR) is 150 cm³/mol. The van der Waals surface area contributed by atoms with E-state index in [0.717, 1.165) is 22.5 Å². The summed E-state index contributed by atoms with van der Waals surface area (Å²) in [6, 6.07) is 35.1. The van der Waals surface area contributed by atoms with Crippen molar-refractivity contribution in [3.05, 3.63) is 121 Å². The van der Waals surface area contributed by atoms with Gasteiger partial charge < -0.3 is 9.97 Å². The van der Waals surface area contributed by atoms with Crippen molar-refractivity contribution < 1.29 is 20.1 Å². The smallest absolute Gasteiger partial charge is 0.0239 e. The minimum absolute atomic E-state index is 0. The Morgan fingerprint density at radius 3 is 1.73 bits per heavy atom. The van der Waals surface area contributed by atoms with Crippen LogP contribution in [0.4, 0.5) is 0 Å². The molecule has 0 N–H and O–H groups in total. The summed E-state index contributed by atoms with van der Waals surface area (Å²) in [5.41, 5.74) is 7.53. The Labute approximate surface area is 234 Å². The van der Waals surface area contributed by atoms with Crippen LogP contribution in [0.3, 0.4) is 0 Å². The average Bonchev–Trinajstić information content (AvgIpc) is 2.92. The molecule has 2 aromatic heterocycles. The van der Waals surface area contributed by atoms with Crippen molar-refractivity contribution in [3.63, 3.8) is 0 Å². The van der Waals surface area contributed by atoms with Gasteiger partial charge in [-0.2, -0.15) is 0 Å². The summed E-state index contributed by atoms with van der Waals surface area (Å²) in [5.74, 6) is 0. The van der Waals surface area contributed by atoms with Gasteiger partial charge in [-0.1, -0.05) is 52.0 Å². The van der Waals surface area contributed by atoms with Crippen LogP contribution in [0.2, 0.25) is 0 Å². The van der Waals surface area contributed by atoms with Crippen molar-refractivity contribution in [1.82, 2.24) is 9.97 Å². The number of hydrogen-bond acceptors (Lipinski definition) is 2. The van der Waals surface area contributed by atoms with Gasteiger partial charge in [0.15, 0.2) is 0 Å². The molecule has 0 spiro atoms. The second kappa shape index (κ2) is 11.1. The maximum absolute atomic E-state index is 4.68. The van der Waals surface area contributed by atoms with Gasteiger partial charge in [0, 0.05) is 32.5 Å². The summed E-state index contributed by atoms with van der Waals surface area (Å²) in [7, 11) is 0. The largest absolute Gasteiger partial charge is 0.305 e. The van der Waals surface area contributed by atoms with Crippen LogP contribution in [-0.4, -0.2) is 9.97 Å². The molecule has 1 radical (unpaired) electrons. The summed E-state index contributed by atoms with van der Waals surface area (Å²) in [4.78, 5) is 8.90. The van der Waals surface area contributed by atoms with Gasteiger partial charge in [0.05, 0.1) is 0 Å². The molecule has 37 heavy (non-hydrogen) atoms. The molecule has 3 heteroatoms. The van der Waals surface area contributed by atoms with Crippen LogP contribution in [0, 0.1) is 12.1 Å². The molecule has 1 aliphatic carbocycles. The van der Waals surface area contributed by atoms with E-state index in [1.54, 1.807) is 6.20 Å². The minimum atomic E-state index is 0. The molecule has 0 unspecified atom stereocenters. The molecule has 189 valence electrons. The molecule has 0 fully saturated rings. The van der Waals surface area contributed by atoms with Crippen molar-refractivity contribution in [2.45, 2.75) is 51.4 Å². The number of fused-ring (bicyclic) bond motifs is 2. The monoisotopic (exact) mass is 661 g/mol. The Morgan fingerprint density at radius 1 is 0.622 bits per heavy atom. The third kappa shape index (κ3) is 5.90. The van der Waals surface area contributed by atoms with Gasteiger partial charge in [-0.15, -0.1) is 71.8 Å². The molecule has 2 nitrogen and oxygen atoms in total. The number of hydrogen-bond donors (Lipinski definition) is 0. The zero-order chi connectivity index (χ0) is 25.2. The Morgan fingerprint density at radius 2 is 1.19 bits per heavy atom. The summed E-state index contributed by atoms with van der Waals surface area (Å²) in [6.45, 7) is 9.49. The average molecular weight is 661 g/mol. The van der Waals surface area contributed by atoms with Crippen molar-refractivity contribution in [2.24, 2.45) is 0 Å². The fourth-order valence-corrected chi connectivity index (χ4v) is 4.98. The SMILES string of the molecule is CC1(C)CCC(C)(C)c2cc3cc(-c4[c-]cccc4)ncc3cc21.[Ir].[c-]1ccccc1-c1ccccn1. The molecular formula is C34H32IrN2-2. The van der Waals surface area contributed by atoms with E-state index in [9.17, 15) is 0 Å². The number of rotatable bonds is 2. The fraction of sp³-hybridized carbons (Fsp3) is 0.235. The molecular weight excluding hydrogens is 629 g/mol. The number of aromatic nitrogens is 2. The summed E-state index contributed by atoms with van der Waals surface area (Å²) in [6.07, 6.45) is 6.28. The topological polar surface area (TPSA) is 25.8 Å². The first-order valence-electron chi connectivity index (χ1n) is 12.6. The van der Waals surface area contributed by atoms with Gasteiger partial charge >= 0.3 is 0 Å². The van der Waals surface area contributed by atoms with Crippen molar-refractivity contribution >= 4 is 10.8 Å². The third-order valence-corrected chi connectivity index (χ3v) is 7.33. The van der Waals surface area contributed by atoms with Crippen LogP contribution < -0.4 is 0 Å². The zero-order valence-electron chi connectivity index (χ0n) is 21.9. The molecule has 0 aliphatic heterocycles. The van der Waals surface area contributed by atoms with Crippen molar-refractivity contribution in [3.8, 4) is 22.5 Å². The maximum Gasteiger partial charge on any atom is 0.0239 e. The first-order chi connectivity index (χ1) is 17.3. The van der Waals surface area contributed by atoms with Crippen LogP contribution >= 0.6 is 0 Å². The Bertz CT molecular complexity index is 1420. The number of pyridine rings is 2. The van der Waals surface area contributed by atoms with E-state index in [4.69, 9.17) is 0 Å². The van der Waals surface area contributed by atoms with E-state index in [2.05, 4.69) is 74.1 Å². The molecule has 6 rings (SSSR count). The van der Waals surface area contributed by atoms with Gasteiger partial charge in [0.25, 0.3) is 0 Å². The Kier molecular flexibility index (Phi) is 8.07. The Hall–Kier alpha value is -3.13. The van der Waals surface area contributed by atoms with Crippen LogP contribution in [-0.2, 0) is 30.9 Å². The van der Waals surface area contributed by atoms with Crippen LogP contribution in [0.1, 0.15) is 51.7 Å². The molecule has 0 bridgehead atoms. The zero-order valence-corrected chi connectivity index (χ0v) is 24.3. The van der Waals surface area contributed by atoms with Crippen molar-refractivity contribution in [2.75, 3.05) is 0 Å². The van der Waals surface area contributed by atoms with Crippen LogP contribution in [0.15, 0.2) is 97.3 Å². The quantitative estimate of drug-likeness (QED) is 0.177. The molecule has 2 heterocycles. The van der Waals surface area contributed by atoms with Gasteiger partial charge in [0.1, 0.15) is 0 Å². The third-order valence-electron chi connectivity index (χ3n) is 7.33.